The van der Waals surface area contributed by atoms with E-state index in [1.54, 1.807) is 16.8 Å². The Morgan fingerprint density at radius 2 is 1.73 bits per heavy atom. The number of alkyl halides is 1. The molecule has 0 aromatic heterocycles. The maximum Gasteiger partial charge on any atom is 0.309 e. The van der Waals surface area contributed by atoms with Crippen LogP contribution in [0.5, 0.6) is 0 Å². The molecule has 4 bridgehead atoms. The summed E-state index contributed by atoms with van der Waals surface area (Å²) in [6.07, 6.45) is 9.15. The lowest BCUT2D eigenvalue weighted by Gasteiger charge is -2.60. The van der Waals surface area contributed by atoms with Crippen LogP contribution in [0.4, 0.5) is 0 Å². The van der Waals surface area contributed by atoms with Crippen molar-refractivity contribution in [1.82, 2.24) is 9.80 Å². The van der Waals surface area contributed by atoms with Crippen molar-refractivity contribution in [2.45, 2.75) is 69.0 Å². The van der Waals surface area contributed by atoms with Crippen molar-refractivity contribution in [3.8, 4) is 0 Å². The van der Waals surface area contributed by atoms with Crippen LogP contribution in [-0.4, -0.2) is 65.2 Å². The van der Waals surface area contributed by atoms with Gasteiger partial charge in [-0.3, -0.25) is 14.4 Å². The predicted molar refractivity (Wildman–Crippen MR) is 117 cm³/mol. The summed E-state index contributed by atoms with van der Waals surface area (Å²) in [5.41, 5.74) is 0.125. The number of piperidine rings is 1. The zero-order valence-electron chi connectivity index (χ0n) is 18.3. The minimum Gasteiger partial charge on any atom is -0.466 e. The van der Waals surface area contributed by atoms with E-state index in [9.17, 15) is 14.4 Å². The Morgan fingerprint density at radius 1 is 1.10 bits per heavy atom. The van der Waals surface area contributed by atoms with Gasteiger partial charge in [-0.15, -0.1) is 0 Å². The SMILES string of the molecule is CCOC(=O)C1CCN(C(=O)CN(C)C(=O)CC23CC4CC(CC(Br)(C4)C2)C3)CC1. The topological polar surface area (TPSA) is 66.9 Å². The standard InChI is InChI=1S/C23H35BrN2O4/c1-3-30-21(29)18-4-6-26(7-5-18)20(28)14-25(2)19(27)13-22-9-16-8-17(10-22)12-23(24,11-16)15-22/h16-18H,3-15H2,1-2H3. The van der Waals surface area contributed by atoms with Crippen molar-refractivity contribution in [3.05, 3.63) is 0 Å². The molecular formula is C23H35BrN2O4. The van der Waals surface area contributed by atoms with E-state index in [0.29, 0.717) is 39.0 Å². The van der Waals surface area contributed by atoms with Gasteiger partial charge in [0.25, 0.3) is 0 Å². The molecule has 0 N–H and O–H groups in total. The van der Waals surface area contributed by atoms with E-state index in [-0.39, 0.29) is 40.0 Å². The second-order valence-electron chi connectivity index (χ2n) is 10.4. The Bertz CT molecular complexity index is 689. The molecule has 2 amide bonds. The summed E-state index contributed by atoms with van der Waals surface area (Å²) in [4.78, 5) is 41.1. The van der Waals surface area contributed by atoms with Crippen molar-refractivity contribution in [2.75, 3.05) is 33.3 Å². The zero-order chi connectivity index (χ0) is 21.5. The number of carbonyl (C=O) groups excluding carboxylic acids is 3. The summed E-state index contributed by atoms with van der Waals surface area (Å²) in [5.74, 6) is 1.33. The number of halogens is 1. The van der Waals surface area contributed by atoms with Crippen LogP contribution in [0.3, 0.4) is 0 Å². The number of hydrogen-bond donors (Lipinski definition) is 0. The molecule has 0 radical (unpaired) electrons. The van der Waals surface area contributed by atoms with Crippen LogP contribution < -0.4 is 0 Å². The molecule has 4 saturated carbocycles. The van der Waals surface area contributed by atoms with E-state index in [1.165, 1.54) is 32.1 Å². The quantitative estimate of drug-likeness (QED) is 0.429. The highest BCUT2D eigenvalue weighted by Gasteiger charge is 2.57. The summed E-state index contributed by atoms with van der Waals surface area (Å²) < 4.78 is 5.34. The van der Waals surface area contributed by atoms with Gasteiger partial charge in [0, 0.05) is 30.9 Å². The molecule has 4 aliphatic carbocycles. The first-order valence-corrected chi connectivity index (χ1v) is 12.4. The molecule has 0 spiro atoms. The third kappa shape index (κ3) is 4.56. The van der Waals surface area contributed by atoms with Gasteiger partial charge in [-0.2, -0.15) is 0 Å². The maximum absolute atomic E-state index is 13.0. The second kappa shape index (κ2) is 8.44. The molecule has 5 fully saturated rings. The third-order valence-electron chi connectivity index (χ3n) is 7.90. The van der Waals surface area contributed by atoms with Crippen LogP contribution in [0.25, 0.3) is 0 Å². The predicted octanol–water partition coefficient (Wildman–Crippen LogP) is 3.37. The van der Waals surface area contributed by atoms with E-state index in [4.69, 9.17) is 4.74 Å². The average Bonchev–Trinajstić information content (AvgIpc) is 2.65. The number of hydrogen-bond acceptors (Lipinski definition) is 4. The normalized spacial score (nSPS) is 35.4. The molecule has 2 atom stereocenters. The Hall–Kier alpha value is -1.11. The summed E-state index contributed by atoms with van der Waals surface area (Å²) in [6, 6.07) is 0. The molecule has 30 heavy (non-hydrogen) atoms. The maximum atomic E-state index is 13.0. The number of ether oxygens (including phenoxy) is 1. The minimum atomic E-state index is -0.156. The lowest BCUT2D eigenvalue weighted by atomic mass is 9.48. The van der Waals surface area contributed by atoms with E-state index in [0.717, 1.165) is 18.3 Å². The van der Waals surface area contributed by atoms with Crippen LogP contribution in [0.2, 0.25) is 0 Å². The van der Waals surface area contributed by atoms with Crippen molar-refractivity contribution in [2.24, 2.45) is 23.2 Å². The van der Waals surface area contributed by atoms with Crippen molar-refractivity contribution >= 4 is 33.7 Å². The molecule has 1 aliphatic heterocycles. The van der Waals surface area contributed by atoms with Gasteiger partial charge in [0.15, 0.2) is 0 Å². The van der Waals surface area contributed by atoms with Crippen molar-refractivity contribution in [3.63, 3.8) is 0 Å². The van der Waals surface area contributed by atoms with Crippen LogP contribution in [0, 0.1) is 23.2 Å². The first-order valence-electron chi connectivity index (χ1n) is 11.6. The average molecular weight is 483 g/mol. The molecule has 1 heterocycles. The number of likely N-dealkylation sites (N-methyl/N-ethyl adjacent to an activating group) is 1. The van der Waals surface area contributed by atoms with E-state index < -0.39 is 0 Å². The highest BCUT2D eigenvalue weighted by Crippen LogP contribution is 2.65. The van der Waals surface area contributed by atoms with Gasteiger partial charge in [0.1, 0.15) is 0 Å². The highest BCUT2D eigenvalue weighted by molar-refractivity contribution is 9.10. The van der Waals surface area contributed by atoms with Crippen molar-refractivity contribution in [1.29, 1.82) is 0 Å². The molecule has 5 rings (SSSR count). The summed E-state index contributed by atoms with van der Waals surface area (Å²) in [5, 5.41) is 0. The lowest BCUT2D eigenvalue weighted by Crippen LogP contribution is -2.54. The van der Waals surface area contributed by atoms with E-state index in [2.05, 4.69) is 15.9 Å². The highest BCUT2D eigenvalue weighted by atomic mass is 79.9. The Morgan fingerprint density at radius 3 is 2.30 bits per heavy atom. The van der Waals surface area contributed by atoms with Gasteiger partial charge in [-0.05, 0) is 75.5 Å². The summed E-state index contributed by atoms with van der Waals surface area (Å²) >= 11 is 4.02. The lowest BCUT2D eigenvalue weighted by molar-refractivity contribution is -0.151. The number of rotatable bonds is 6. The van der Waals surface area contributed by atoms with Gasteiger partial charge >= 0.3 is 5.97 Å². The van der Waals surface area contributed by atoms with Crippen LogP contribution in [0.15, 0.2) is 0 Å². The fraction of sp³-hybridized carbons (Fsp3) is 0.870. The number of likely N-dealkylation sites (tertiary alicyclic amines) is 1. The fourth-order valence-corrected chi connectivity index (χ4v) is 8.52. The molecule has 5 aliphatic rings. The fourth-order valence-electron chi connectivity index (χ4n) is 7.01. The summed E-state index contributed by atoms with van der Waals surface area (Å²) in [6.45, 7) is 3.45. The van der Waals surface area contributed by atoms with Crippen LogP contribution >= 0.6 is 15.9 Å². The molecular weight excluding hydrogens is 448 g/mol. The van der Waals surface area contributed by atoms with Crippen LogP contribution in [-0.2, 0) is 19.1 Å². The third-order valence-corrected chi connectivity index (χ3v) is 8.83. The molecule has 2 unspecified atom stereocenters. The molecule has 168 valence electrons. The van der Waals surface area contributed by atoms with Crippen LogP contribution in [0.1, 0.15) is 64.7 Å². The molecule has 0 aromatic rings. The van der Waals surface area contributed by atoms with Gasteiger partial charge < -0.3 is 14.5 Å². The Kier molecular flexibility index (Phi) is 6.21. The van der Waals surface area contributed by atoms with E-state index in [1.807, 2.05) is 6.92 Å². The minimum absolute atomic E-state index is 0.0179. The molecule has 6 nitrogen and oxygen atoms in total. The zero-order valence-corrected chi connectivity index (χ0v) is 19.9. The van der Waals surface area contributed by atoms with Gasteiger partial charge in [0.2, 0.25) is 11.8 Å². The number of carbonyl (C=O) groups is 3. The number of esters is 1. The van der Waals surface area contributed by atoms with Gasteiger partial charge in [-0.25, -0.2) is 0 Å². The Labute approximate surface area is 188 Å². The van der Waals surface area contributed by atoms with E-state index >= 15 is 0 Å². The number of amides is 2. The van der Waals surface area contributed by atoms with Gasteiger partial charge in [0.05, 0.1) is 19.1 Å². The first kappa shape index (κ1) is 22.1. The molecule has 1 saturated heterocycles. The monoisotopic (exact) mass is 482 g/mol. The smallest absolute Gasteiger partial charge is 0.309 e. The second-order valence-corrected chi connectivity index (χ2v) is 12.1. The van der Waals surface area contributed by atoms with Gasteiger partial charge in [-0.1, -0.05) is 15.9 Å². The molecule has 0 aromatic carbocycles. The molecule has 7 heteroatoms. The summed E-state index contributed by atoms with van der Waals surface area (Å²) in [7, 11) is 1.76. The van der Waals surface area contributed by atoms with Crippen molar-refractivity contribution < 1.29 is 19.1 Å². The number of nitrogens with zero attached hydrogens (tertiary/aromatic N) is 2. The largest absolute Gasteiger partial charge is 0.466 e. The first-order chi connectivity index (χ1) is 14.2. The Balaban J connectivity index is 1.27.